The zero-order chi connectivity index (χ0) is 11.1. The second kappa shape index (κ2) is 3.53. The molecular weight excluding hydrogens is 240 g/mol. The van der Waals surface area contributed by atoms with Crippen molar-refractivity contribution in [3.63, 3.8) is 0 Å². The van der Waals surface area contributed by atoms with Crippen LogP contribution in [0.3, 0.4) is 0 Å². The summed E-state index contributed by atoms with van der Waals surface area (Å²) in [6, 6.07) is 1.46. The van der Waals surface area contributed by atoms with Crippen molar-refractivity contribution < 1.29 is 13.2 Å². The summed E-state index contributed by atoms with van der Waals surface area (Å²) in [6.45, 7) is 1.24. The highest BCUT2D eigenvalue weighted by molar-refractivity contribution is 8.13. The van der Waals surface area contributed by atoms with E-state index in [0.29, 0.717) is 24.7 Å². The van der Waals surface area contributed by atoms with E-state index < -0.39 is 9.05 Å². The molecule has 7 heteroatoms. The topological polar surface area (TPSA) is 59.5 Å². The van der Waals surface area contributed by atoms with Crippen LogP contribution in [-0.4, -0.2) is 33.6 Å². The first-order valence-corrected chi connectivity index (χ1v) is 6.58. The third kappa shape index (κ3) is 2.00. The van der Waals surface area contributed by atoms with E-state index in [0.717, 1.165) is 0 Å². The number of hydrogen-bond donors (Lipinski definition) is 0. The highest BCUT2D eigenvalue weighted by atomic mass is 35.7. The molecule has 1 aliphatic heterocycles. The van der Waals surface area contributed by atoms with Gasteiger partial charge >= 0.3 is 0 Å². The average molecular weight is 249 g/mol. The molecule has 2 rings (SSSR count). The van der Waals surface area contributed by atoms with Gasteiger partial charge in [0.25, 0.3) is 9.05 Å². The molecule has 1 aromatic heterocycles. The Morgan fingerprint density at radius 2 is 2.33 bits per heavy atom. The number of aromatic nitrogens is 1. The summed E-state index contributed by atoms with van der Waals surface area (Å²) in [5, 5.41) is 0. The van der Waals surface area contributed by atoms with Crippen molar-refractivity contribution in [3.8, 4) is 5.88 Å². The first-order valence-electron chi connectivity index (χ1n) is 4.27. The van der Waals surface area contributed by atoms with E-state index in [9.17, 15) is 8.42 Å². The Morgan fingerprint density at radius 3 is 3.00 bits per heavy atom. The lowest BCUT2D eigenvalue weighted by molar-refractivity contribution is 0.298. The van der Waals surface area contributed by atoms with Crippen molar-refractivity contribution in [2.75, 3.05) is 25.1 Å². The van der Waals surface area contributed by atoms with Crippen LogP contribution in [0.4, 0.5) is 5.69 Å². The van der Waals surface area contributed by atoms with Gasteiger partial charge in [0.15, 0.2) is 0 Å². The van der Waals surface area contributed by atoms with Gasteiger partial charge in [-0.25, -0.2) is 13.4 Å². The van der Waals surface area contributed by atoms with Crippen molar-refractivity contribution in [2.24, 2.45) is 0 Å². The molecular formula is C8H9ClN2O3S. The van der Waals surface area contributed by atoms with E-state index >= 15 is 0 Å². The maximum atomic E-state index is 11.1. The van der Waals surface area contributed by atoms with Gasteiger partial charge in [0.05, 0.1) is 12.7 Å². The predicted molar refractivity (Wildman–Crippen MR) is 56.0 cm³/mol. The average Bonchev–Trinajstić information content (AvgIpc) is 2.16. The lowest BCUT2D eigenvalue weighted by Gasteiger charge is -2.26. The Kier molecular flexibility index (Phi) is 2.47. The number of ether oxygens (including phenoxy) is 1. The minimum absolute atomic E-state index is 0.0136. The number of pyridine rings is 1. The Bertz CT molecular complexity index is 489. The molecule has 1 aliphatic rings. The third-order valence-corrected chi connectivity index (χ3v) is 3.49. The molecule has 2 heterocycles. The summed E-state index contributed by atoms with van der Waals surface area (Å²) in [5.74, 6) is 0.438. The fourth-order valence-electron chi connectivity index (χ4n) is 1.34. The first-order chi connectivity index (χ1) is 6.98. The molecule has 5 nitrogen and oxygen atoms in total. The number of fused-ring (bicyclic) bond motifs is 1. The minimum Gasteiger partial charge on any atom is -0.474 e. The van der Waals surface area contributed by atoms with Crippen molar-refractivity contribution in [3.05, 3.63) is 12.3 Å². The number of anilines is 1. The standard InChI is InChI=1S/C8H9ClN2O3S/c1-11-2-3-14-8-7(11)4-6(5-10-8)15(9,12)13/h4-5H,2-3H2,1H3. The van der Waals surface area contributed by atoms with E-state index in [1.165, 1.54) is 12.3 Å². The molecule has 0 aliphatic carbocycles. The van der Waals surface area contributed by atoms with Crippen molar-refractivity contribution in [1.82, 2.24) is 4.98 Å². The summed E-state index contributed by atoms with van der Waals surface area (Å²) in [7, 11) is 3.33. The molecule has 82 valence electrons. The normalized spacial score (nSPS) is 15.7. The highest BCUT2D eigenvalue weighted by Crippen LogP contribution is 2.31. The van der Waals surface area contributed by atoms with Crippen LogP contribution in [0.2, 0.25) is 0 Å². The van der Waals surface area contributed by atoms with E-state index in [4.69, 9.17) is 15.4 Å². The van der Waals surface area contributed by atoms with Crippen LogP contribution in [0.25, 0.3) is 0 Å². The van der Waals surface area contributed by atoms with E-state index in [1.807, 2.05) is 11.9 Å². The van der Waals surface area contributed by atoms with Crippen molar-refractivity contribution in [1.29, 1.82) is 0 Å². The summed E-state index contributed by atoms with van der Waals surface area (Å²) >= 11 is 0. The van der Waals surface area contributed by atoms with Crippen LogP contribution in [-0.2, 0) is 9.05 Å². The van der Waals surface area contributed by atoms with Crippen molar-refractivity contribution in [2.45, 2.75) is 4.90 Å². The van der Waals surface area contributed by atoms with Crippen LogP contribution < -0.4 is 9.64 Å². The Morgan fingerprint density at radius 1 is 1.60 bits per heavy atom. The fourth-order valence-corrected chi connectivity index (χ4v) is 2.02. The summed E-state index contributed by atoms with van der Waals surface area (Å²) in [5.41, 5.74) is 0.642. The number of nitrogens with zero attached hydrogens (tertiary/aromatic N) is 2. The molecule has 15 heavy (non-hydrogen) atoms. The molecule has 0 spiro atoms. The zero-order valence-corrected chi connectivity index (χ0v) is 9.55. The summed E-state index contributed by atoms with van der Waals surface area (Å²) in [6.07, 6.45) is 1.19. The van der Waals surface area contributed by atoms with Crippen LogP contribution in [0.5, 0.6) is 5.88 Å². The molecule has 1 aromatic rings. The first kappa shape index (κ1) is 10.5. The van der Waals surface area contributed by atoms with Gasteiger partial charge in [-0.3, -0.25) is 0 Å². The maximum Gasteiger partial charge on any atom is 0.262 e. The molecule has 0 radical (unpaired) electrons. The van der Waals surface area contributed by atoms with E-state index in [2.05, 4.69) is 4.98 Å². The Hall–Kier alpha value is -1.01. The number of halogens is 1. The van der Waals surface area contributed by atoms with Crippen LogP contribution in [0.1, 0.15) is 0 Å². The van der Waals surface area contributed by atoms with Gasteiger partial charge < -0.3 is 9.64 Å². The molecule has 0 N–H and O–H groups in total. The van der Waals surface area contributed by atoms with Gasteiger partial charge in [-0.05, 0) is 6.07 Å². The molecule has 0 fully saturated rings. The molecule has 0 saturated carbocycles. The number of hydrogen-bond acceptors (Lipinski definition) is 5. The summed E-state index contributed by atoms with van der Waals surface area (Å²) in [4.78, 5) is 5.77. The number of likely N-dealkylation sites (N-methyl/N-ethyl adjacent to an activating group) is 1. The zero-order valence-electron chi connectivity index (χ0n) is 7.97. The third-order valence-electron chi connectivity index (χ3n) is 2.17. The maximum absolute atomic E-state index is 11.1. The smallest absolute Gasteiger partial charge is 0.262 e. The van der Waals surface area contributed by atoms with E-state index in [1.54, 1.807) is 0 Å². The molecule has 0 unspecified atom stereocenters. The van der Waals surface area contributed by atoms with Gasteiger partial charge in [0.2, 0.25) is 5.88 Å². The summed E-state index contributed by atoms with van der Waals surface area (Å²) < 4.78 is 27.5. The van der Waals surface area contributed by atoms with Crippen molar-refractivity contribution >= 4 is 25.4 Å². The minimum atomic E-state index is -3.73. The van der Waals surface area contributed by atoms with Gasteiger partial charge in [-0.2, -0.15) is 0 Å². The Labute approximate surface area is 92.0 Å². The fraction of sp³-hybridized carbons (Fsp3) is 0.375. The van der Waals surface area contributed by atoms with Gasteiger partial charge in [0, 0.05) is 17.7 Å². The predicted octanol–water partition coefficient (Wildman–Crippen LogP) is 0.838. The monoisotopic (exact) mass is 248 g/mol. The quantitative estimate of drug-likeness (QED) is 0.690. The molecule has 0 amide bonds. The van der Waals surface area contributed by atoms with Crippen LogP contribution in [0.15, 0.2) is 17.2 Å². The molecule has 0 aromatic carbocycles. The Balaban J connectivity index is 2.53. The molecule has 0 atom stereocenters. The molecule has 0 saturated heterocycles. The second-order valence-corrected chi connectivity index (χ2v) is 5.77. The lowest BCUT2D eigenvalue weighted by Crippen LogP contribution is -2.29. The van der Waals surface area contributed by atoms with Gasteiger partial charge in [-0.15, -0.1) is 0 Å². The van der Waals surface area contributed by atoms with Gasteiger partial charge in [0.1, 0.15) is 17.2 Å². The number of rotatable bonds is 1. The van der Waals surface area contributed by atoms with Gasteiger partial charge in [-0.1, -0.05) is 0 Å². The largest absolute Gasteiger partial charge is 0.474 e. The van der Waals surface area contributed by atoms with Crippen LogP contribution >= 0.6 is 10.7 Å². The second-order valence-electron chi connectivity index (χ2n) is 3.20. The lowest BCUT2D eigenvalue weighted by atomic mass is 10.3. The highest BCUT2D eigenvalue weighted by Gasteiger charge is 2.20. The SMILES string of the molecule is CN1CCOc2ncc(S(=O)(=O)Cl)cc21. The van der Waals surface area contributed by atoms with E-state index in [-0.39, 0.29) is 4.90 Å². The van der Waals surface area contributed by atoms with Crippen LogP contribution in [0, 0.1) is 0 Å². The molecule has 0 bridgehead atoms.